The summed E-state index contributed by atoms with van der Waals surface area (Å²) in [6.45, 7) is 25.2. The molecule has 0 saturated carbocycles. The molecule has 8 heteroatoms. The molecule has 2 atom stereocenters. The molecule has 0 bridgehead atoms. The molecule has 1 aliphatic rings. The van der Waals surface area contributed by atoms with Crippen LogP contribution >= 0.6 is 0 Å². The predicted molar refractivity (Wildman–Crippen MR) is 225 cm³/mol. The average Bonchev–Trinajstić information content (AvgIpc) is 3.47. The van der Waals surface area contributed by atoms with E-state index in [4.69, 9.17) is 28.4 Å². The SMILES string of the molecule is C=C(C)C(=O)OCCCOC(C)COc1c(C)cc(C2(c3cc(C)c(OCC(C)OCCCOC(=O)C(=C)C)c(C)c3)c3ccccc3-c3ccccc32)cc1C. The zero-order valence-electron chi connectivity index (χ0n) is 34.9. The zero-order chi connectivity index (χ0) is 41.3. The maximum atomic E-state index is 11.6. The van der Waals surface area contributed by atoms with Gasteiger partial charge >= 0.3 is 11.9 Å². The molecule has 0 N–H and O–H groups in total. The van der Waals surface area contributed by atoms with Crippen LogP contribution in [0.15, 0.2) is 97.1 Å². The van der Waals surface area contributed by atoms with E-state index in [-0.39, 0.29) is 37.4 Å². The number of ether oxygens (including phenoxy) is 6. The predicted octanol–water partition coefficient (Wildman–Crippen LogP) is 9.87. The molecule has 0 spiro atoms. The molecule has 1 aliphatic carbocycles. The van der Waals surface area contributed by atoms with Crippen LogP contribution in [-0.4, -0.2) is 63.8 Å². The average molecular weight is 775 g/mol. The highest BCUT2D eigenvalue weighted by molar-refractivity contribution is 5.88. The summed E-state index contributed by atoms with van der Waals surface area (Å²) >= 11 is 0. The first kappa shape index (κ1) is 43.0. The summed E-state index contributed by atoms with van der Waals surface area (Å²) in [6, 6.07) is 26.6. The van der Waals surface area contributed by atoms with Crippen molar-refractivity contribution in [3.8, 4) is 22.6 Å². The van der Waals surface area contributed by atoms with E-state index in [9.17, 15) is 9.59 Å². The summed E-state index contributed by atoms with van der Waals surface area (Å²) in [7, 11) is 0. The van der Waals surface area contributed by atoms with Gasteiger partial charge in [-0.2, -0.15) is 0 Å². The molecule has 4 aromatic carbocycles. The first-order chi connectivity index (χ1) is 27.2. The Morgan fingerprint density at radius 1 is 0.579 bits per heavy atom. The van der Waals surface area contributed by atoms with Crippen LogP contribution in [0.5, 0.6) is 11.5 Å². The fourth-order valence-corrected chi connectivity index (χ4v) is 7.57. The van der Waals surface area contributed by atoms with Gasteiger partial charge < -0.3 is 28.4 Å². The van der Waals surface area contributed by atoms with E-state index in [0.717, 1.165) is 33.8 Å². The molecule has 0 aliphatic heterocycles. The van der Waals surface area contributed by atoms with E-state index in [2.05, 4.69) is 114 Å². The standard InChI is InChI=1S/C49H58O8/c1-31(2)47(50)54-23-15-21-52-37(9)29-56-45-33(5)25-39(26-34(45)6)49(43-19-13-11-17-41(43)42-18-12-14-20-44(42)49)40-27-35(7)46(36(8)28-40)57-30-38(10)53-22-16-24-55-48(51)32(3)4/h11-14,17-20,25-28,37-38H,1,3,15-16,21-24,29-30H2,2,4-10H3. The number of carbonyl (C=O) groups excluding carboxylic acids is 2. The van der Waals surface area contributed by atoms with Gasteiger partial charge in [0.05, 0.1) is 44.1 Å². The Hall–Kier alpha value is -5.18. The molecule has 0 radical (unpaired) electrons. The molecule has 5 rings (SSSR count). The molecule has 0 fully saturated rings. The van der Waals surface area contributed by atoms with Crippen LogP contribution in [-0.2, 0) is 34.0 Å². The van der Waals surface area contributed by atoms with E-state index in [0.29, 0.717) is 50.4 Å². The Labute approximate surface area is 338 Å². The van der Waals surface area contributed by atoms with Gasteiger partial charge in [0.2, 0.25) is 0 Å². The zero-order valence-corrected chi connectivity index (χ0v) is 34.9. The molecule has 0 aromatic heterocycles. The molecular formula is C49H58O8. The van der Waals surface area contributed by atoms with Crippen molar-refractivity contribution in [1.82, 2.24) is 0 Å². The molecular weight excluding hydrogens is 717 g/mol. The van der Waals surface area contributed by atoms with Crippen molar-refractivity contribution in [3.63, 3.8) is 0 Å². The van der Waals surface area contributed by atoms with E-state index >= 15 is 0 Å². The van der Waals surface area contributed by atoms with Gasteiger partial charge in [-0.3, -0.25) is 0 Å². The molecule has 4 aromatic rings. The quantitative estimate of drug-likeness (QED) is 0.0439. The number of esters is 2. The highest BCUT2D eigenvalue weighted by Crippen LogP contribution is 2.57. The van der Waals surface area contributed by atoms with Crippen molar-refractivity contribution < 1.29 is 38.0 Å². The lowest BCUT2D eigenvalue weighted by atomic mass is 9.66. The van der Waals surface area contributed by atoms with Gasteiger partial charge in [0.25, 0.3) is 0 Å². The number of benzene rings is 4. The summed E-state index contributed by atoms with van der Waals surface area (Å²) in [5.41, 5.74) is 11.6. The van der Waals surface area contributed by atoms with E-state index in [1.54, 1.807) is 13.8 Å². The Morgan fingerprint density at radius 2 is 0.930 bits per heavy atom. The Bertz CT molecular complexity index is 1900. The summed E-state index contributed by atoms with van der Waals surface area (Å²) in [5.74, 6) is 0.926. The number of rotatable bonds is 20. The summed E-state index contributed by atoms with van der Waals surface area (Å²) < 4.78 is 35.2. The van der Waals surface area contributed by atoms with Crippen molar-refractivity contribution in [2.75, 3.05) is 39.6 Å². The second-order valence-corrected chi connectivity index (χ2v) is 15.2. The van der Waals surface area contributed by atoms with E-state index in [1.807, 2.05) is 13.8 Å². The number of aryl methyl sites for hydroxylation is 4. The first-order valence-corrected chi connectivity index (χ1v) is 19.8. The molecule has 0 saturated heterocycles. The topological polar surface area (TPSA) is 89.5 Å². The third kappa shape index (κ3) is 9.86. The lowest BCUT2D eigenvalue weighted by Gasteiger charge is -2.35. The first-order valence-electron chi connectivity index (χ1n) is 19.8. The molecule has 2 unspecified atom stereocenters. The van der Waals surface area contributed by atoms with Crippen molar-refractivity contribution in [1.29, 1.82) is 0 Å². The van der Waals surface area contributed by atoms with Gasteiger partial charge in [0.15, 0.2) is 0 Å². The lowest BCUT2D eigenvalue weighted by molar-refractivity contribution is -0.140. The Kier molecular flexibility index (Phi) is 14.6. The molecule has 8 nitrogen and oxygen atoms in total. The lowest BCUT2D eigenvalue weighted by Crippen LogP contribution is -2.29. The van der Waals surface area contributed by atoms with Crippen molar-refractivity contribution in [2.24, 2.45) is 0 Å². The second-order valence-electron chi connectivity index (χ2n) is 15.2. The van der Waals surface area contributed by atoms with Crippen LogP contribution in [0.1, 0.15) is 85.0 Å². The number of hydrogen-bond acceptors (Lipinski definition) is 8. The van der Waals surface area contributed by atoms with Crippen LogP contribution in [0.3, 0.4) is 0 Å². The minimum atomic E-state index is -0.594. The Balaban J connectivity index is 1.39. The fraction of sp³-hybridized carbons (Fsp3) is 0.388. The van der Waals surface area contributed by atoms with Gasteiger partial charge in [0.1, 0.15) is 24.7 Å². The minimum absolute atomic E-state index is 0.153. The number of fused-ring (bicyclic) bond motifs is 3. The van der Waals surface area contributed by atoms with Crippen LogP contribution in [0.25, 0.3) is 11.1 Å². The maximum Gasteiger partial charge on any atom is 0.333 e. The van der Waals surface area contributed by atoms with Crippen LogP contribution < -0.4 is 9.47 Å². The number of hydrogen-bond donors (Lipinski definition) is 0. The van der Waals surface area contributed by atoms with Crippen molar-refractivity contribution in [3.05, 3.63) is 142 Å². The summed E-state index contributed by atoms with van der Waals surface area (Å²) in [4.78, 5) is 23.3. The third-order valence-electron chi connectivity index (χ3n) is 10.2. The van der Waals surface area contributed by atoms with Crippen LogP contribution in [0.2, 0.25) is 0 Å². The highest BCUT2D eigenvalue weighted by atomic mass is 16.6. The number of carbonyl (C=O) groups is 2. The second kappa shape index (κ2) is 19.3. The third-order valence-corrected chi connectivity index (χ3v) is 10.2. The monoisotopic (exact) mass is 774 g/mol. The summed E-state index contributed by atoms with van der Waals surface area (Å²) in [5, 5.41) is 0. The summed E-state index contributed by atoms with van der Waals surface area (Å²) in [6.07, 6.45) is 0.886. The molecule has 0 heterocycles. The smallest absolute Gasteiger partial charge is 0.333 e. The Morgan fingerprint density at radius 3 is 1.28 bits per heavy atom. The van der Waals surface area contributed by atoms with Crippen LogP contribution in [0, 0.1) is 27.7 Å². The van der Waals surface area contributed by atoms with Gasteiger partial charge in [-0.25, -0.2) is 9.59 Å². The normalized spacial score (nSPS) is 13.5. The van der Waals surface area contributed by atoms with E-state index < -0.39 is 5.41 Å². The van der Waals surface area contributed by atoms with Crippen molar-refractivity contribution >= 4 is 11.9 Å². The maximum absolute atomic E-state index is 11.6. The van der Waals surface area contributed by atoms with Gasteiger partial charge in [-0.05, 0) is 111 Å². The van der Waals surface area contributed by atoms with Gasteiger partial charge in [-0.1, -0.05) is 86.0 Å². The van der Waals surface area contributed by atoms with Crippen LogP contribution in [0.4, 0.5) is 0 Å². The highest BCUT2D eigenvalue weighted by Gasteiger charge is 2.46. The van der Waals surface area contributed by atoms with Gasteiger partial charge in [-0.15, -0.1) is 0 Å². The van der Waals surface area contributed by atoms with Gasteiger partial charge in [0, 0.05) is 24.0 Å². The largest absolute Gasteiger partial charge is 0.490 e. The van der Waals surface area contributed by atoms with Crippen molar-refractivity contribution in [2.45, 2.75) is 85.9 Å². The molecule has 0 amide bonds. The fourth-order valence-electron chi connectivity index (χ4n) is 7.57. The molecule has 57 heavy (non-hydrogen) atoms. The molecule has 302 valence electrons. The minimum Gasteiger partial charge on any atom is -0.490 e. The van der Waals surface area contributed by atoms with E-state index in [1.165, 1.54) is 33.4 Å².